The van der Waals surface area contributed by atoms with Crippen molar-refractivity contribution in [2.45, 2.75) is 50.7 Å². The highest BCUT2D eigenvalue weighted by molar-refractivity contribution is 7.92. The number of para-hydroxylation sites is 1. The van der Waals surface area contributed by atoms with Crippen molar-refractivity contribution >= 4 is 73.3 Å². The Morgan fingerprint density at radius 1 is 0.891 bits per heavy atom. The third-order valence-corrected chi connectivity index (χ3v) is 14.3. The van der Waals surface area contributed by atoms with Gasteiger partial charge < -0.3 is 30.2 Å². The molecule has 2 aromatic heterocycles. The molecule has 10 rings (SSSR count). The van der Waals surface area contributed by atoms with Crippen LogP contribution >= 0.6 is 0 Å². The van der Waals surface area contributed by atoms with Crippen LogP contribution in [0.25, 0.3) is 11.0 Å². The molecule has 5 aliphatic heterocycles. The molecule has 0 aliphatic carbocycles. The minimum absolute atomic E-state index is 0.212. The lowest BCUT2D eigenvalue weighted by Gasteiger charge is -2.43. The van der Waals surface area contributed by atoms with Gasteiger partial charge in [0.2, 0.25) is 27.8 Å². The first-order valence-electron chi connectivity index (χ1n) is 21.9. The number of anilines is 6. The minimum Gasteiger partial charge on any atom is -0.492 e. The number of halogens is 1. The van der Waals surface area contributed by atoms with Gasteiger partial charge in [-0.1, -0.05) is 18.2 Å². The van der Waals surface area contributed by atoms with Crippen LogP contribution in [-0.2, 0) is 32.6 Å². The molecule has 3 aromatic carbocycles. The molecule has 0 spiro atoms. The summed E-state index contributed by atoms with van der Waals surface area (Å²) >= 11 is 0. The number of aromatic nitrogens is 3. The number of nitrogens with one attached hydrogen (secondary N) is 4. The van der Waals surface area contributed by atoms with Gasteiger partial charge in [-0.15, -0.1) is 0 Å². The van der Waals surface area contributed by atoms with Gasteiger partial charge in [0.1, 0.15) is 35.7 Å². The average molecular weight is 892 g/mol. The molecule has 7 heterocycles. The normalized spacial score (nSPS) is 19.9. The van der Waals surface area contributed by atoms with E-state index in [4.69, 9.17) is 9.72 Å². The fourth-order valence-electron chi connectivity index (χ4n) is 9.85. The van der Waals surface area contributed by atoms with Gasteiger partial charge in [0.05, 0.1) is 35.2 Å². The number of amides is 3. The number of benzene rings is 3. The number of rotatable bonds is 12. The van der Waals surface area contributed by atoms with Crippen molar-refractivity contribution < 1.29 is 31.9 Å². The molecule has 0 saturated carbocycles. The molecule has 5 aliphatic rings. The van der Waals surface area contributed by atoms with Crippen molar-refractivity contribution in [3.63, 3.8) is 0 Å². The monoisotopic (exact) mass is 891 g/mol. The number of carbonyl (C=O) groups is 3. The zero-order valence-corrected chi connectivity index (χ0v) is 36.3. The number of imide groups is 1. The number of ether oxygens (including phenoxy) is 1. The number of piperidine rings is 2. The van der Waals surface area contributed by atoms with Crippen molar-refractivity contribution in [2.24, 2.45) is 0 Å². The largest absolute Gasteiger partial charge is 0.492 e. The second-order valence-corrected chi connectivity index (χ2v) is 19.0. The van der Waals surface area contributed by atoms with Crippen molar-refractivity contribution in [3.05, 3.63) is 89.4 Å². The Morgan fingerprint density at radius 3 is 2.48 bits per heavy atom. The van der Waals surface area contributed by atoms with Gasteiger partial charge in [-0.3, -0.25) is 33.8 Å². The first-order chi connectivity index (χ1) is 31.0. The Bertz CT molecular complexity index is 2750. The molecule has 334 valence electrons. The molecule has 19 heteroatoms. The lowest BCUT2D eigenvalue weighted by molar-refractivity contribution is -0.136. The standard InChI is InChI=1S/C45H50FN11O6S/c1-64(61,62)57-19-13-28-4-2-6-35(40(28)57)49-42-32-12-16-47-41(32)51-45(52-42)48-29-8-9-36(34(46)26-29)55-17-14-30(15-18-55)54-22-20-53(21-23-54)24-25-63-38-7-3-5-31-33(38)27-56(44(31)60)37-10-11-39(58)50-43(37)59/h2-9,12,16,26,30,37H,10-11,13-15,17-25,27H2,1H3,(H,50,58,59)(H3,47,48,49,51,52). The number of fused-ring (bicyclic) bond motifs is 3. The fourth-order valence-corrected chi connectivity index (χ4v) is 10.8. The van der Waals surface area contributed by atoms with E-state index >= 15 is 4.39 Å². The molecule has 64 heavy (non-hydrogen) atoms. The third kappa shape index (κ3) is 8.18. The number of hydrogen-bond donors (Lipinski definition) is 4. The first kappa shape index (κ1) is 41.7. The molecule has 3 fully saturated rings. The summed E-state index contributed by atoms with van der Waals surface area (Å²) in [5.41, 5.74) is 5.11. The Labute approximate surface area is 370 Å². The number of nitrogens with zero attached hydrogens (tertiary/aromatic N) is 7. The molecule has 17 nitrogen and oxygen atoms in total. The molecule has 0 bridgehead atoms. The van der Waals surface area contributed by atoms with Gasteiger partial charge >= 0.3 is 0 Å². The molecule has 3 saturated heterocycles. The smallest absolute Gasteiger partial charge is 0.255 e. The van der Waals surface area contributed by atoms with Crippen LogP contribution in [0.5, 0.6) is 5.75 Å². The van der Waals surface area contributed by atoms with Gasteiger partial charge in [-0.05, 0) is 73.7 Å². The third-order valence-electron chi connectivity index (χ3n) is 13.2. The molecular weight excluding hydrogens is 842 g/mol. The number of aromatic amines is 1. The molecule has 1 unspecified atom stereocenters. The molecule has 0 radical (unpaired) electrons. The summed E-state index contributed by atoms with van der Waals surface area (Å²) < 4.78 is 48.7. The highest BCUT2D eigenvalue weighted by Gasteiger charge is 2.40. The predicted molar refractivity (Wildman–Crippen MR) is 240 cm³/mol. The summed E-state index contributed by atoms with van der Waals surface area (Å²) in [6, 6.07) is 17.8. The topological polar surface area (TPSA) is 188 Å². The lowest BCUT2D eigenvalue weighted by Crippen LogP contribution is -2.53. The number of sulfonamides is 1. The van der Waals surface area contributed by atoms with E-state index in [1.165, 1.54) is 16.6 Å². The summed E-state index contributed by atoms with van der Waals surface area (Å²) in [5.74, 6) is 0.0945. The number of H-pyrrole nitrogens is 1. The highest BCUT2D eigenvalue weighted by atomic mass is 32.2. The van der Waals surface area contributed by atoms with Crippen molar-refractivity contribution in [3.8, 4) is 5.75 Å². The van der Waals surface area contributed by atoms with E-state index in [1.807, 2.05) is 36.4 Å². The maximum Gasteiger partial charge on any atom is 0.255 e. The van der Waals surface area contributed by atoms with E-state index in [9.17, 15) is 22.8 Å². The van der Waals surface area contributed by atoms with Gasteiger partial charge in [0, 0.05) is 87.8 Å². The highest BCUT2D eigenvalue weighted by Crippen LogP contribution is 2.40. The van der Waals surface area contributed by atoms with Gasteiger partial charge in [0.15, 0.2) is 0 Å². The van der Waals surface area contributed by atoms with Crippen molar-refractivity contribution in [1.82, 2.24) is 35.0 Å². The Morgan fingerprint density at radius 2 is 1.70 bits per heavy atom. The zero-order chi connectivity index (χ0) is 44.1. The number of piperazine rings is 1. The molecule has 4 N–H and O–H groups in total. The van der Waals surface area contributed by atoms with Crippen molar-refractivity contribution in [2.75, 3.05) is 85.1 Å². The van der Waals surface area contributed by atoms with E-state index in [2.05, 4.69) is 40.6 Å². The predicted octanol–water partition coefficient (Wildman–Crippen LogP) is 4.33. The lowest BCUT2D eigenvalue weighted by atomic mass is 10.0. The second-order valence-electron chi connectivity index (χ2n) is 17.1. The molecule has 5 aromatic rings. The summed E-state index contributed by atoms with van der Waals surface area (Å²) in [5, 5.41) is 9.60. The minimum atomic E-state index is -3.48. The summed E-state index contributed by atoms with van der Waals surface area (Å²) in [7, 11) is -3.48. The van der Waals surface area contributed by atoms with E-state index in [-0.39, 0.29) is 36.5 Å². The quantitative estimate of drug-likeness (QED) is 0.130. The fraction of sp³-hybridized carbons (Fsp3) is 0.400. The van der Waals surface area contributed by atoms with Crippen LogP contribution < -0.4 is 29.9 Å². The zero-order valence-electron chi connectivity index (χ0n) is 35.5. The van der Waals surface area contributed by atoms with Crippen LogP contribution in [0, 0.1) is 5.82 Å². The average Bonchev–Trinajstić information content (AvgIpc) is 4.03. The first-order valence-corrected chi connectivity index (χ1v) is 23.7. The molecular formula is C45H50FN11O6S. The summed E-state index contributed by atoms with van der Waals surface area (Å²) in [6.07, 6.45) is 5.98. The van der Waals surface area contributed by atoms with Crippen LogP contribution in [0.3, 0.4) is 0 Å². The summed E-state index contributed by atoms with van der Waals surface area (Å²) in [4.78, 5) is 58.4. The second kappa shape index (κ2) is 17.0. The van der Waals surface area contributed by atoms with E-state index in [0.29, 0.717) is 77.6 Å². The van der Waals surface area contributed by atoms with Gasteiger partial charge in [-0.2, -0.15) is 9.97 Å². The van der Waals surface area contributed by atoms with Gasteiger partial charge in [0.25, 0.3) is 5.91 Å². The molecule has 1 atom stereocenters. The Kier molecular flexibility index (Phi) is 11.1. The van der Waals surface area contributed by atoms with E-state index in [1.54, 1.807) is 29.3 Å². The van der Waals surface area contributed by atoms with Crippen LogP contribution in [-0.4, -0.2) is 133 Å². The van der Waals surface area contributed by atoms with E-state index < -0.39 is 22.0 Å². The van der Waals surface area contributed by atoms with Crippen LogP contribution in [0.2, 0.25) is 0 Å². The van der Waals surface area contributed by atoms with Gasteiger partial charge in [-0.25, -0.2) is 12.8 Å². The van der Waals surface area contributed by atoms with Crippen LogP contribution in [0.1, 0.15) is 47.2 Å². The van der Waals surface area contributed by atoms with Crippen LogP contribution in [0.4, 0.5) is 38.9 Å². The van der Waals surface area contributed by atoms with Crippen molar-refractivity contribution in [1.29, 1.82) is 0 Å². The number of carbonyl (C=O) groups excluding carboxylic acids is 3. The van der Waals surface area contributed by atoms with E-state index in [0.717, 1.165) is 75.2 Å². The number of hydrogen-bond acceptors (Lipinski definition) is 13. The Balaban J connectivity index is 0.706. The SMILES string of the molecule is CS(=O)(=O)N1CCc2cccc(Nc3nc(Nc4ccc(N5CCC(N6CCN(CCOc7cccc8c7CN(C7CCC(=O)NC7=O)C8=O)CC6)CC5)c(F)c4)nc4[nH]ccc34)c21. The molecule has 3 amide bonds. The maximum absolute atomic E-state index is 15.8. The Hall–Kier alpha value is -6.31. The maximum atomic E-state index is 15.8. The van der Waals surface area contributed by atoms with Crippen LogP contribution in [0.15, 0.2) is 66.9 Å². The summed E-state index contributed by atoms with van der Waals surface area (Å²) in [6.45, 7) is 7.07.